The average Bonchev–Trinajstić information content (AvgIpc) is 2.90. The number of hydrogen-bond donors (Lipinski definition) is 2. The van der Waals surface area contributed by atoms with Crippen LogP contribution in [-0.2, 0) is 11.3 Å². The molecular formula is C30H35FN2O6. The molecule has 0 amide bonds. The number of aliphatic carboxylic acids is 1. The smallest absolute Gasteiger partial charge is 0.343 e. The van der Waals surface area contributed by atoms with Gasteiger partial charge in [0.05, 0.1) is 30.9 Å². The number of rotatable bonds is 11. The van der Waals surface area contributed by atoms with Gasteiger partial charge in [0.2, 0.25) is 5.88 Å². The van der Waals surface area contributed by atoms with E-state index in [1.807, 2.05) is 0 Å². The van der Waals surface area contributed by atoms with Gasteiger partial charge in [-0.25, -0.2) is 14.2 Å². The maximum atomic E-state index is 14.9. The summed E-state index contributed by atoms with van der Waals surface area (Å²) < 4.78 is 25.7. The molecule has 0 aliphatic heterocycles. The zero-order valence-electron chi connectivity index (χ0n) is 23.0. The summed E-state index contributed by atoms with van der Waals surface area (Å²) in [7, 11) is 1.46. The summed E-state index contributed by atoms with van der Waals surface area (Å²) in [5, 5.41) is 19.6. The van der Waals surface area contributed by atoms with E-state index in [1.54, 1.807) is 36.4 Å². The number of benzene rings is 2. The van der Waals surface area contributed by atoms with E-state index in [0.29, 0.717) is 23.2 Å². The first kappa shape index (κ1) is 29.7. The van der Waals surface area contributed by atoms with Crippen LogP contribution in [0, 0.1) is 11.7 Å². The third-order valence-corrected chi connectivity index (χ3v) is 6.62. The molecule has 1 heterocycles. The molecule has 0 aliphatic carbocycles. The van der Waals surface area contributed by atoms with Gasteiger partial charge >= 0.3 is 11.9 Å². The minimum atomic E-state index is -1.27. The minimum absolute atomic E-state index is 0.163. The lowest BCUT2D eigenvalue weighted by molar-refractivity contribution is -0.145. The van der Waals surface area contributed by atoms with Gasteiger partial charge in [-0.05, 0) is 75.6 Å². The second-order valence-corrected chi connectivity index (χ2v) is 9.97. The first-order valence-electron chi connectivity index (χ1n) is 12.7. The van der Waals surface area contributed by atoms with Crippen molar-refractivity contribution in [2.24, 2.45) is 5.92 Å². The number of aromatic nitrogens is 1. The summed E-state index contributed by atoms with van der Waals surface area (Å²) in [5.41, 5.74) is 2.20. The fraction of sp³-hybridized carbons (Fsp3) is 0.367. The Kier molecular flexibility index (Phi) is 9.77. The number of carboxylic acids is 1. The first-order chi connectivity index (χ1) is 18.4. The molecule has 3 rings (SSSR count). The number of aliphatic hydroxyl groups is 1. The number of carboxylic acid groups (broad SMARTS) is 1. The van der Waals surface area contributed by atoms with Gasteiger partial charge in [0, 0.05) is 30.3 Å². The normalized spacial score (nSPS) is 13.0. The van der Waals surface area contributed by atoms with E-state index in [-0.39, 0.29) is 29.3 Å². The molecule has 208 valence electrons. The highest BCUT2D eigenvalue weighted by atomic mass is 19.1. The summed E-state index contributed by atoms with van der Waals surface area (Å²) in [6.45, 7) is 10.1. The Hall–Kier alpha value is -3.82. The molecule has 39 heavy (non-hydrogen) atoms. The number of hydrogen-bond acceptors (Lipinski definition) is 7. The van der Waals surface area contributed by atoms with E-state index in [2.05, 4.69) is 37.6 Å². The molecule has 0 bridgehead atoms. The van der Waals surface area contributed by atoms with Crippen LogP contribution in [0.1, 0.15) is 62.2 Å². The van der Waals surface area contributed by atoms with Gasteiger partial charge < -0.3 is 19.7 Å². The molecule has 0 saturated carbocycles. The lowest BCUT2D eigenvalue weighted by Gasteiger charge is -2.31. The van der Waals surface area contributed by atoms with Gasteiger partial charge in [-0.1, -0.05) is 18.2 Å². The SMILES string of the molecule is COc1cc(-c2ccc(C(=O)Oc3cccc([C@H](O)[C@H](C)C(=O)O)c3)cc2CN(C(C)C)C(C)C)c(F)cn1. The van der Waals surface area contributed by atoms with E-state index in [1.165, 1.54) is 26.2 Å². The highest BCUT2D eigenvalue weighted by molar-refractivity contribution is 5.92. The largest absolute Gasteiger partial charge is 0.481 e. The monoisotopic (exact) mass is 538 g/mol. The third-order valence-electron chi connectivity index (χ3n) is 6.62. The molecule has 2 aromatic carbocycles. The van der Waals surface area contributed by atoms with Crippen molar-refractivity contribution in [3.63, 3.8) is 0 Å². The van der Waals surface area contributed by atoms with E-state index in [9.17, 15) is 24.2 Å². The van der Waals surface area contributed by atoms with Gasteiger partial charge in [-0.3, -0.25) is 9.69 Å². The van der Waals surface area contributed by atoms with Crippen LogP contribution in [0.15, 0.2) is 54.7 Å². The number of carbonyl (C=O) groups is 2. The van der Waals surface area contributed by atoms with Gasteiger partial charge in [0.1, 0.15) is 11.6 Å². The Morgan fingerprint density at radius 3 is 2.31 bits per heavy atom. The third kappa shape index (κ3) is 7.19. The molecular weight excluding hydrogens is 503 g/mol. The average molecular weight is 539 g/mol. The van der Waals surface area contributed by atoms with Crippen LogP contribution < -0.4 is 9.47 Å². The standard InChI is InChI=1S/C30H35FN2O6/c1-17(2)33(18(3)4)16-22-12-21(10-11-24(22)25-14-27(38-6)32-15-26(25)31)30(37)39-23-9-7-8-20(13-23)28(34)19(5)29(35)36/h7-15,17-19,28,34H,16H2,1-6H3,(H,35,36)/t19-,28+/m0/s1. The van der Waals surface area contributed by atoms with E-state index >= 15 is 0 Å². The summed E-state index contributed by atoms with van der Waals surface area (Å²) in [6.07, 6.45) is -0.160. The van der Waals surface area contributed by atoms with Crippen LogP contribution in [0.2, 0.25) is 0 Å². The van der Waals surface area contributed by atoms with Crippen LogP contribution in [0.3, 0.4) is 0 Å². The number of halogens is 1. The second kappa shape index (κ2) is 12.8. The highest BCUT2D eigenvalue weighted by Gasteiger charge is 2.24. The molecule has 0 unspecified atom stereocenters. The second-order valence-electron chi connectivity index (χ2n) is 9.97. The van der Waals surface area contributed by atoms with Crippen LogP contribution >= 0.6 is 0 Å². The molecule has 0 spiro atoms. The number of nitrogens with zero attached hydrogens (tertiary/aromatic N) is 2. The van der Waals surface area contributed by atoms with Crippen LogP contribution in [0.4, 0.5) is 4.39 Å². The van der Waals surface area contributed by atoms with Crippen molar-refractivity contribution in [1.29, 1.82) is 0 Å². The molecule has 0 aliphatic rings. The van der Waals surface area contributed by atoms with E-state index in [0.717, 1.165) is 11.8 Å². The fourth-order valence-electron chi connectivity index (χ4n) is 4.36. The van der Waals surface area contributed by atoms with Gasteiger partial charge in [-0.2, -0.15) is 0 Å². The number of pyridine rings is 1. The predicted octanol–water partition coefficient (Wildman–Crippen LogP) is 5.49. The number of ether oxygens (including phenoxy) is 2. The predicted molar refractivity (Wildman–Crippen MR) is 145 cm³/mol. The Balaban J connectivity index is 1.99. The molecule has 0 radical (unpaired) electrons. The number of carbonyl (C=O) groups excluding carboxylic acids is 1. The van der Waals surface area contributed by atoms with Crippen LogP contribution in [-0.4, -0.2) is 51.2 Å². The van der Waals surface area contributed by atoms with Gasteiger partial charge in [-0.15, -0.1) is 0 Å². The molecule has 1 aromatic heterocycles. The fourth-order valence-corrected chi connectivity index (χ4v) is 4.36. The van der Waals surface area contributed by atoms with Crippen molar-refractivity contribution in [2.75, 3.05) is 7.11 Å². The molecule has 2 N–H and O–H groups in total. The molecule has 8 nitrogen and oxygen atoms in total. The van der Waals surface area contributed by atoms with Crippen molar-refractivity contribution < 1.29 is 33.7 Å². The Morgan fingerprint density at radius 1 is 1.00 bits per heavy atom. The van der Waals surface area contributed by atoms with E-state index < -0.39 is 29.8 Å². The van der Waals surface area contributed by atoms with Gasteiger partial charge in [0.15, 0.2) is 0 Å². The maximum absolute atomic E-state index is 14.9. The first-order valence-corrected chi connectivity index (χ1v) is 12.7. The topological polar surface area (TPSA) is 109 Å². The van der Waals surface area contributed by atoms with Crippen molar-refractivity contribution in [1.82, 2.24) is 9.88 Å². The molecule has 3 aromatic rings. The summed E-state index contributed by atoms with van der Waals surface area (Å²) in [6, 6.07) is 13.0. The Labute approximate surface area is 228 Å². The quantitative estimate of drug-likeness (QED) is 0.244. The molecule has 2 atom stereocenters. The minimum Gasteiger partial charge on any atom is -0.481 e. The summed E-state index contributed by atoms with van der Waals surface area (Å²) in [5.74, 6) is -2.91. The van der Waals surface area contributed by atoms with Crippen molar-refractivity contribution in [3.8, 4) is 22.8 Å². The molecule has 0 fully saturated rings. The maximum Gasteiger partial charge on any atom is 0.343 e. The lowest BCUT2D eigenvalue weighted by atomic mass is 9.96. The van der Waals surface area contributed by atoms with Crippen molar-refractivity contribution in [3.05, 3.63) is 77.2 Å². The summed E-state index contributed by atoms with van der Waals surface area (Å²) in [4.78, 5) is 30.6. The van der Waals surface area contributed by atoms with E-state index in [4.69, 9.17) is 9.47 Å². The lowest BCUT2D eigenvalue weighted by Crippen LogP contribution is -2.36. The summed E-state index contributed by atoms with van der Waals surface area (Å²) >= 11 is 0. The van der Waals surface area contributed by atoms with Gasteiger partial charge in [0.25, 0.3) is 0 Å². The zero-order chi connectivity index (χ0) is 28.9. The van der Waals surface area contributed by atoms with Crippen molar-refractivity contribution >= 4 is 11.9 Å². The number of esters is 1. The molecule has 0 saturated heterocycles. The number of methoxy groups -OCH3 is 1. The van der Waals surface area contributed by atoms with Crippen LogP contribution in [0.5, 0.6) is 11.6 Å². The van der Waals surface area contributed by atoms with Crippen LogP contribution in [0.25, 0.3) is 11.1 Å². The number of aliphatic hydroxyl groups excluding tert-OH is 1. The highest BCUT2D eigenvalue weighted by Crippen LogP contribution is 2.32. The Bertz CT molecular complexity index is 1320. The Morgan fingerprint density at radius 2 is 1.69 bits per heavy atom. The molecule has 9 heteroatoms. The zero-order valence-corrected chi connectivity index (χ0v) is 23.0. The van der Waals surface area contributed by atoms with Crippen molar-refractivity contribution in [2.45, 2.75) is 59.4 Å².